The molecule has 2 amide bonds. The zero-order chi connectivity index (χ0) is 18.9. The van der Waals surface area contributed by atoms with Gasteiger partial charge in [-0.2, -0.15) is 0 Å². The Hall–Kier alpha value is -1.83. The Labute approximate surface area is 147 Å². The number of aliphatic hydroxyl groups excluding tert-OH is 1. The van der Waals surface area contributed by atoms with Crippen LogP contribution < -0.4 is 5.32 Å². The molecule has 3 unspecified atom stereocenters. The number of rotatable bonds is 4. The van der Waals surface area contributed by atoms with E-state index in [1.165, 1.54) is 4.90 Å². The lowest BCUT2D eigenvalue weighted by atomic mass is 9.87. The minimum Gasteiger partial charge on any atom is -0.458 e. The fourth-order valence-corrected chi connectivity index (χ4v) is 3.62. The number of carbonyl (C=O) groups is 3. The minimum absolute atomic E-state index is 0.205. The lowest BCUT2D eigenvalue weighted by Gasteiger charge is -2.25. The highest BCUT2D eigenvalue weighted by Gasteiger charge is 2.53. The second-order valence-electron chi connectivity index (χ2n) is 7.15. The van der Waals surface area contributed by atoms with Crippen molar-refractivity contribution in [2.45, 2.75) is 71.4 Å². The maximum absolute atomic E-state index is 12.9. The van der Waals surface area contributed by atoms with Gasteiger partial charge in [-0.15, -0.1) is 0 Å². The van der Waals surface area contributed by atoms with Gasteiger partial charge in [0.05, 0.1) is 12.2 Å². The SMILES string of the molecule is CCC(O)[C@H]1CN2C(=O)[C@@H](NC(=O)OC(C)C)C(C)OC(=O)C2[C@H]1C. The molecule has 0 aromatic carbocycles. The Bertz CT molecular complexity index is 537. The summed E-state index contributed by atoms with van der Waals surface area (Å²) in [5, 5.41) is 12.7. The van der Waals surface area contributed by atoms with Crippen molar-refractivity contribution in [3.05, 3.63) is 0 Å². The van der Waals surface area contributed by atoms with Crippen LogP contribution in [0, 0.1) is 11.8 Å². The van der Waals surface area contributed by atoms with Crippen LogP contribution in [-0.2, 0) is 19.1 Å². The second-order valence-corrected chi connectivity index (χ2v) is 7.15. The van der Waals surface area contributed by atoms with Gasteiger partial charge in [-0.1, -0.05) is 13.8 Å². The van der Waals surface area contributed by atoms with Crippen molar-refractivity contribution in [1.82, 2.24) is 10.2 Å². The number of alkyl carbamates (subject to hydrolysis) is 1. The molecule has 0 radical (unpaired) electrons. The van der Waals surface area contributed by atoms with E-state index in [0.29, 0.717) is 6.42 Å². The number of nitrogens with one attached hydrogen (secondary N) is 1. The molecule has 8 nitrogen and oxygen atoms in total. The molecule has 6 atom stereocenters. The molecule has 2 fully saturated rings. The van der Waals surface area contributed by atoms with Crippen LogP contribution in [0.2, 0.25) is 0 Å². The van der Waals surface area contributed by atoms with E-state index in [-0.39, 0.29) is 30.4 Å². The van der Waals surface area contributed by atoms with Gasteiger partial charge in [0.1, 0.15) is 18.2 Å². The third kappa shape index (κ3) is 3.89. The van der Waals surface area contributed by atoms with E-state index in [2.05, 4.69) is 5.32 Å². The summed E-state index contributed by atoms with van der Waals surface area (Å²) in [6.07, 6.45) is -1.92. The number of nitrogens with zero attached hydrogens (tertiary/aromatic N) is 1. The summed E-state index contributed by atoms with van der Waals surface area (Å²) in [5.41, 5.74) is 0. The number of esters is 1. The summed E-state index contributed by atoms with van der Waals surface area (Å²) in [6, 6.07) is -1.75. The molecule has 2 rings (SSSR count). The Kier molecular flexibility index (Phi) is 5.92. The summed E-state index contributed by atoms with van der Waals surface area (Å²) in [7, 11) is 0. The van der Waals surface area contributed by atoms with Gasteiger partial charge in [0, 0.05) is 12.5 Å². The van der Waals surface area contributed by atoms with E-state index in [4.69, 9.17) is 9.47 Å². The number of hydrogen-bond acceptors (Lipinski definition) is 6. The van der Waals surface area contributed by atoms with Crippen LogP contribution in [0.4, 0.5) is 4.79 Å². The Morgan fingerprint density at radius 3 is 2.60 bits per heavy atom. The van der Waals surface area contributed by atoms with E-state index in [0.717, 1.165) is 0 Å². The first-order valence-electron chi connectivity index (χ1n) is 8.83. The molecule has 0 bridgehead atoms. The van der Waals surface area contributed by atoms with E-state index >= 15 is 0 Å². The number of amides is 2. The van der Waals surface area contributed by atoms with Crippen molar-refractivity contribution in [2.24, 2.45) is 11.8 Å². The van der Waals surface area contributed by atoms with Crippen LogP contribution in [-0.4, -0.2) is 64.9 Å². The lowest BCUT2D eigenvalue weighted by Crippen LogP contribution is -2.53. The molecular weight excluding hydrogens is 328 g/mol. The zero-order valence-electron chi connectivity index (χ0n) is 15.4. The van der Waals surface area contributed by atoms with Crippen LogP contribution >= 0.6 is 0 Å². The molecule has 2 aliphatic heterocycles. The molecule has 0 aliphatic carbocycles. The number of carbonyl (C=O) groups excluding carboxylic acids is 3. The average molecular weight is 356 g/mol. The number of aliphatic hydroxyl groups is 1. The van der Waals surface area contributed by atoms with E-state index < -0.39 is 36.4 Å². The highest BCUT2D eigenvalue weighted by molar-refractivity contribution is 5.93. The third-order valence-electron chi connectivity index (χ3n) is 5.01. The van der Waals surface area contributed by atoms with Gasteiger partial charge in [-0.05, 0) is 33.1 Å². The topological polar surface area (TPSA) is 105 Å². The standard InChI is InChI=1S/C17H28N2O6/c1-6-12(20)11-7-19-14(9(11)4)16(22)25-10(5)13(15(19)21)18-17(23)24-8(2)3/h8-14,20H,6-7H2,1-5H3,(H,18,23)/t9-,10?,11-,12?,13-,14?/m0/s1. The van der Waals surface area contributed by atoms with Gasteiger partial charge < -0.3 is 24.8 Å². The monoisotopic (exact) mass is 356 g/mol. The Balaban J connectivity index is 2.23. The normalized spacial score (nSPS) is 33.6. The maximum Gasteiger partial charge on any atom is 0.408 e. The summed E-state index contributed by atoms with van der Waals surface area (Å²) >= 11 is 0. The molecule has 2 aliphatic rings. The van der Waals surface area contributed by atoms with Crippen LogP contribution in [0.15, 0.2) is 0 Å². The highest BCUT2D eigenvalue weighted by atomic mass is 16.6. The zero-order valence-corrected chi connectivity index (χ0v) is 15.4. The van der Waals surface area contributed by atoms with Crippen molar-refractivity contribution in [3.63, 3.8) is 0 Å². The third-order valence-corrected chi connectivity index (χ3v) is 5.01. The molecule has 0 aromatic rings. The van der Waals surface area contributed by atoms with Crippen molar-refractivity contribution in [2.75, 3.05) is 6.54 Å². The van der Waals surface area contributed by atoms with Gasteiger partial charge >= 0.3 is 12.1 Å². The van der Waals surface area contributed by atoms with Crippen LogP contribution in [0.25, 0.3) is 0 Å². The largest absolute Gasteiger partial charge is 0.458 e. The van der Waals surface area contributed by atoms with Gasteiger partial charge in [-0.25, -0.2) is 9.59 Å². The first-order chi connectivity index (χ1) is 11.7. The van der Waals surface area contributed by atoms with Crippen molar-refractivity contribution in [3.8, 4) is 0 Å². The van der Waals surface area contributed by atoms with Crippen molar-refractivity contribution in [1.29, 1.82) is 0 Å². The molecular formula is C17H28N2O6. The van der Waals surface area contributed by atoms with E-state index in [1.807, 2.05) is 13.8 Å². The smallest absolute Gasteiger partial charge is 0.408 e. The molecule has 2 N–H and O–H groups in total. The maximum atomic E-state index is 12.9. The number of cyclic esters (lactones) is 1. The van der Waals surface area contributed by atoms with Crippen LogP contribution in [0.1, 0.15) is 41.0 Å². The molecule has 25 heavy (non-hydrogen) atoms. The number of fused-ring (bicyclic) bond motifs is 1. The summed E-state index contributed by atoms with van der Waals surface area (Å²) < 4.78 is 10.4. The minimum atomic E-state index is -1.01. The molecule has 8 heteroatoms. The molecule has 2 saturated heterocycles. The second kappa shape index (κ2) is 7.59. The van der Waals surface area contributed by atoms with Crippen LogP contribution in [0.3, 0.4) is 0 Å². The first-order valence-corrected chi connectivity index (χ1v) is 8.83. The fraction of sp³-hybridized carbons (Fsp3) is 0.824. The number of hydrogen-bond donors (Lipinski definition) is 2. The van der Waals surface area contributed by atoms with Gasteiger partial charge in [0.2, 0.25) is 5.91 Å². The Morgan fingerprint density at radius 2 is 2.04 bits per heavy atom. The predicted molar refractivity (Wildman–Crippen MR) is 88.5 cm³/mol. The molecule has 0 saturated carbocycles. The predicted octanol–water partition coefficient (Wildman–Crippen LogP) is 0.669. The lowest BCUT2D eigenvalue weighted by molar-refractivity contribution is -0.152. The highest BCUT2D eigenvalue weighted by Crippen LogP contribution is 2.36. The molecule has 2 heterocycles. The first kappa shape index (κ1) is 19.5. The van der Waals surface area contributed by atoms with Gasteiger partial charge in [0.15, 0.2) is 0 Å². The summed E-state index contributed by atoms with van der Waals surface area (Å²) in [5.74, 6) is -1.31. The fourth-order valence-electron chi connectivity index (χ4n) is 3.62. The summed E-state index contributed by atoms with van der Waals surface area (Å²) in [6.45, 7) is 8.93. The van der Waals surface area contributed by atoms with Crippen molar-refractivity contribution < 1.29 is 29.0 Å². The quantitative estimate of drug-likeness (QED) is 0.717. The molecule has 0 spiro atoms. The number of ether oxygens (including phenoxy) is 2. The van der Waals surface area contributed by atoms with E-state index in [9.17, 15) is 19.5 Å². The van der Waals surface area contributed by atoms with Crippen molar-refractivity contribution >= 4 is 18.0 Å². The average Bonchev–Trinajstić information content (AvgIpc) is 2.83. The summed E-state index contributed by atoms with van der Waals surface area (Å²) in [4.78, 5) is 38.8. The Morgan fingerprint density at radius 1 is 1.40 bits per heavy atom. The van der Waals surface area contributed by atoms with Crippen LogP contribution in [0.5, 0.6) is 0 Å². The molecule has 0 aromatic heterocycles. The van der Waals surface area contributed by atoms with Gasteiger partial charge in [-0.3, -0.25) is 4.79 Å². The molecule has 142 valence electrons. The van der Waals surface area contributed by atoms with Gasteiger partial charge in [0.25, 0.3) is 0 Å². The van der Waals surface area contributed by atoms with E-state index in [1.54, 1.807) is 20.8 Å².